The fourth-order valence-electron chi connectivity index (χ4n) is 3.73. The molecule has 32 heavy (non-hydrogen) atoms. The predicted molar refractivity (Wildman–Crippen MR) is 116 cm³/mol. The molecule has 2 N–H and O–H groups in total. The number of H-pyrrole nitrogens is 1. The summed E-state index contributed by atoms with van der Waals surface area (Å²) in [7, 11) is 1.59. The van der Waals surface area contributed by atoms with Crippen LogP contribution < -0.4 is 14.8 Å². The summed E-state index contributed by atoms with van der Waals surface area (Å²) >= 11 is 0. The Morgan fingerprint density at radius 2 is 1.84 bits per heavy atom. The van der Waals surface area contributed by atoms with Gasteiger partial charge in [-0.3, -0.25) is 14.7 Å². The number of aromatic nitrogens is 3. The molecule has 2 heterocycles. The second-order valence-corrected chi connectivity index (χ2v) is 7.58. The Labute approximate surface area is 185 Å². The average molecular weight is 435 g/mol. The highest BCUT2D eigenvalue weighted by molar-refractivity contribution is 5.94. The number of likely N-dealkylation sites (tertiary alicyclic amines) is 1. The topological polar surface area (TPSA) is 109 Å². The molecule has 9 nitrogen and oxygen atoms in total. The summed E-state index contributed by atoms with van der Waals surface area (Å²) in [5.74, 6) is 2.09. The Morgan fingerprint density at radius 3 is 2.50 bits per heavy atom. The number of benzene rings is 2. The molecule has 1 aliphatic rings. The molecule has 4 rings (SSSR count). The summed E-state index contributed by atoms with van der Waals surface area (Å²) in [5.41, 5.74) is 0.574. The number of hydrogen-bond acceptors (Lipinski definition) is 6. The zero-order valence-corrected chi connectivity index (χ0v) is 17.9. The Hall–Kier alpha value is -3.88. The number of hydrogen-bond donors (Lipinski definition) is 2. The van der Waals surface area contributed by atoms with Gasteiger partial charge in [0, 0.05) is 18.2 Å². The predicted octanol–water partition coefficient (Wildman–Crippen LogP) is 2.27. The monoisotopic (exact) mass is 435 g/mol. The zero-order chi connectivity index (χ0) is 22.5. The first-order valence-electron chi connectivity index (χ1n) is 10.3. The first-order chi connectivity index (χ1) is 15.5. The summed E-state index contributed by atoms with van der Waals surface area (Å²) in [4.78, 5) is 31.7. The van der Waals surface area contributed by atoms with Gasteiger partial charge in [0.25, 0.3) is 11.8 Å². The molecule has 166 valence electrons. The van der Waals surface area contributed by atoms with E-state index < -0.39 is 0 Å². The number of aromatic amines is 1. The third-order valence-electron chi connectivity index (χ3n) is 5.33. The Balaban J connectivity index is 1.44. The maximum Gasteiger partial charge on any atom is 0.261 e. The van der Waals surface area contributed by atoms with Gasteiger partial charge < -0.3 is 19.7 Å². The molecule has 0 saturated carbocycles. The van der Waals surface area contributed by atoms with Crippen molar-refractivity contribution in [1.82, 2.24) is 25.4 Å². The van der Waals surface area contributed by atoms with Crippen molar-refractivity contribution < 1.29 is 19.1 Å². The van der Waals surface area contributed by atoms with Crippen molar-refractivity contribution in [2.24, 2.45) is 0 Å². The van der Waals surface area contributed by atoms with E-state index in [0.717, 1.165) is 0 Å². The van der Waals surface area contributed by atoms with E-state index in [2.05, 4.69) is 20.5 Å². The maximum atomic E-state index is 13.0. The highest BCUT2D eigenvalue weighted by Gasteiger charge is 2.39. The lowest BCUT2D eigenvalue weighted by Gasteiger charge is -2.22. The molecule has 2 aromatic carbocycles. The molecule has 0 bridgehead atoms. The highest BCUT2D eigenvalue weighted by atomic mass is 16.5. The molecule has 1 fully saturated rings. The second-order valence-electron chi connectivity index (χ2n) is 7.58. The number of nitrogens with one attached hydrogen (secondary N) is 2. The van der Waals surface area contributed by atoms with Gasteiger partial charge in [-0.25, -0.2) is 4.98 Å². The molecule has 3 aromatic rings. The smallest absolute Gasteiger partial charge is 0.261 e. The number of amides is 2. The van der Waals surface area contributed by atoms with Gasteiger partial charge in [-0.1, -0.05) is 18.2 Å². The van der Waals surface area contributed by atoms with Crippen LogP contribution in [0.25, 0.3) is 0 Å². The van der Waals surface area contributed by atoms with Crippen LogP contribution in [0.2, 0.25) is 0 Å². The number of carbonyl (C=O) groups excluding carboxylic acids is 2. The molecule has 1 aromatic heterocycles. The SMILES string of the molecule is COc1ccc(OCC(=O)N2CC(NC(=O)c3ccccc3)CC2c2n[nH]c(C)n2)cc1. The van der Waals surface area contributed by atoms with Gasteiger partial charge in [0.1, 0.15) is 17.3 Å². The molecule has 2 atom stereocenters. The van der Waals surface area contributed by atoms with Crippen LogP contribution in [-0.4, -0.2) is 58.2 Å². The van der Waals surface area contributed by atoms with Crippen molar-refractivity contribution in [3.8, 4) is 11.5 Å². The third kappa shape index (κ3) is 4.88. The third-order valence-corrected chi connectivity index (χ3v) is 5.33. The van der Waals surface area contributed by atoms with Crippen LogP contribution >= 0.6 is 0 Å². The Kier molecular flexibility index (Phi) is 6.34. The fourth-order valence-corrected chi connectivity index (χ4v) is 3.73. The van der Waals surface area contributed by atoms with Crippen LogP contribution in [0, 0.1) is 6.92 Å². The minimum Gasteiger partial charge on any atom is -0.497 e. The van der Waals surface area contributed by atoms with Gasteiger partial charge in [-0.15, -0.1) is 0 Å². The average Bonchev–Trinajstić information content (AvgIpc) is 3.44. The number of methoxy groups -OCH3 is 1. The van der Waals surface area contributed by atoms with Crippen LogP contribution in [-0.2, 0) is 4.79 Å². The molecular weight excluding hydrogens is 410 g/mol. The van der Waals surface area contributed by atoms with Crippen molar-refractivity contribution in [2.75, 3.05) is 20.3 Å². The van der Waals surface area contributed by atoms with Crippen molar-refractivity contribution in [3.05, 3.63) is 71.8 Å². The van der Waals surface area contributed by atoms with Gasteiger partial charge in [-0.05, 0) is 49.7 Å². The lowest BCUT2D eigenvalue weighted by molar-refractivity contribution is -0.134. The van der Waals surface area contributed by atoms with E-state index in [1.165, 1.54) is 0 Å². The number of rotatable bonds is 7. The van der Waals surface area contributed by atoms with E-state index in [-0.39, 0.29) is 30.5 Å². The lowest BCUT2D eigenvalue weighted by atomic mass is 10.1. The molecule has 2 amide bonds. The van der Waals surface area contributed by atoms with Crippen LogP contribution in [0.5, 0.6) is 11.5 Å². The largest absolute Gasteiger partial charge is 0.497 e. The van der Waals surface area contributed by atoms with E-state index in [4.69, 9.17) is 9.47 Å². The minimum absolute atomic E-state index is 0.133. The molecule has 1 aliphatic heterocycles. The van der Waals surface area contributed by atoms with E-state index in [0.29, 0.717) is 41.7 Å². The standard InChI is InChI=1S/C23H25N5O4/c1-15-24-22(27-26-15)20-12-17(25-23(30)16-6-4-3-5-7-16)13-28(20)21(29)14-32-19-10-8-18(31-2)9-11-19/h3-11,17,20H,12-14H2,1-2H3,(H,25,30)(H,24,26,27). The molecule has 1 saturated heterocycles. The Morgan fingerprint density at radius 1 is 1.12 bits per heavy atom. The molecule has 0 aliphatic carbocycles. The van der Waals surface area contributed by atoms with Crippen LogP contribution in [0.15, 0.2) is 54.6 Å². The first kappa shape index (κ1) is 21.4. The van der Waals surface area contributed by atoms with E-state index in [1.54, 1.807) is 55.3 Å². The van der Waals surface area contributed by atoms with E-state index in [1.807, 2.05) is 18.2 Å². The summed E-state index contributed by atoms with van der Waals surface area (Å²) in [6, 6.07) is 15.4. The van der Waals surface area contributed by atoms with Crippen molar-refractivity contribution >= 4 is 11.8 Å². The first-order valence-corrected chi connectivity index (χ1v) is 10.3. The summed E-state index contributed by atoms with van der Waals surface area (Å²) in [6.45, 7) is 2.02. The van der Waals surface area contributed by atoms with Crippen molar-refractivity contribution in [2.45, 2.75) is 25.4 Å². The molecule has 0 spiro atoms. The van der Waals surface area contributed by atoms with Gasteiger partial charge in [-0.2, -0.15) is 5.10 Å². The fraction of sp³-hybridized carbons (Fsp3) is 0.304. The van der Waals surface area contributed by atoms with Crippen molar-refractivity contribution in [3.63, 3.8) is 0 Å². The van der Waals surface area contributed by atoms with Gasteiger partial charge in [0.15, 0.2) is 12.4 Å². The van der Waals surface area contributed by atoms with E-state index in [9.17, 15) is 9.59 Å². The summed E-state index contributed by atoms with van der Waals surface area (Å²) in [5, 5.41) is 10.1. The van der Waals surface area contributed by atoms with Crippen LogP contribution in [0.1, 0.15) is 34.5 Å². The Bertz CT molecular complexity index is 1070. The van der Waals surface area contributed by atoms with Crippen LogP contribution in [0.4, 0.5) is 0 Å². The molecular formula is C23H25N5O4. The number of ether oxygens (including phenoxy) is 2. The quantitative estimate of drug-likeness (QED) is 0.589. The zero-order valence-electron chi connectivity index (χ0n) is 17.9. The molecule has 0 radical (unpaired) electrons. The number of aryl methyl sites for hydroxylation is 1. The van der Waals surface area contributed by atoms with E-state index >= 15 is 0 Å². The number of nitrogens with zero attached hydrogens (tertiary/aromatic N) is 3. The second kappa shape index (κ2) is 9.51. The van der Waals surface area contributed by atoms with Gasteiger partial charge >= 0.3 is 0 Å². The molecule has 2 unspecified atom stereocenters. The van der Waals surface area contributed by atoms with Crippen molar-refractivity contribution in [1.29, 1.82) is 0 Å². The lowest BCUT2D eigenvalue weighted by Crippen LogP contribution is -2.40. The van der Waals surface area contributed by atoms with Gasteiger partial charge in [0.2, 0.25) is 0 Å². The van der Waals surface area contributed by atoms with Crippen LogP contribution in [0.3, 0.4) is 0 Å². The summed E-state index contributed by atoms with van der Waals surface area (Å²) in [6.07, 6.45) is 0.518. The summed E-state index contributed by atoms with van der Waals surface area (Å²) < 4.78 is 10.8. The normalized spacial score (nSPS) is 17.8. The molecule has 9 heteroatoms. The van der Waals surface area contributed by atoms with Gasteiger partial charge in [0.05, 0.1) is 13.2 Å². The maximum absolute atomic E-state index is 13.0. The minimum atomic E-state index is -0.354. The highest BCUT2D eigenvalue weighted by Crippen LogP contribution is 2.30. The number of carbonyl (C=O) groups is 2.